The standard InChI is InChI=1S/C11H16O2/c12-11-3-1-2-10(8-11)9-4-6-13-7-5-9/h8-9H,1-7H2. The van der Waals surface area contributed by atoms with Gasteiger partial charge in [-0.2, -0.15) is 0 Å². The molecule has 0 amide bonds. The third kappa shape index (κ3) is 2.19. The van der Waals surface area contributed by atoms with Crippen LogP contribution in [-0.4, -0.2) is 19.0 Å². The molecule has 1 aliphatic carbocycles. The Morgan fingerprint density at radius 2 is 2.00 bits per heavy atom. The van der Waals surface area contributed by atoms with E-state index in [1.54, 1.807) is 0 Å². The Bertz CT molecular complexity index is 224. The third-order valence-electron chi connectivity index (χ3n) is 2.98. The van der Waals surface area contributed by atoms with E-state index in [9.17, 15) is 4.79 Å². The van der Waals surface area contributed by atoms with Crippen molar-refractivity contribution in [3.8, 4) is 0 Å². The van der Waals surface area contributed by atoms with Crippen molar-refractivity contribution in [3.05, 3.63) is 11.6 Å². The zero-order valence-electron chi connectivity index (χ0n) is 7.92. The molecular weight excluding hydrogens is 164 g/mol. The summed E-state index contributed by atoms with van der Waals surface area (Å²) in [6.07, 6.45) is 7.06. The van der Waals surface area contributed by atoms with Gasteiger partial charge in [-0.3, -0.25) is 4.79 Å². The molecule has 13 heavy (non-hydrogen) atoms. The van der Waals surface area contributed by atoms with Crippen molar-refractivity contribution < 1.29 is 9.53 Å². The molecule has 2 heteroatoms. The van der Waals surface area contributed by atoms with Crippen molar-refractivity contribution in [2.45, 2.75) is 32.1 Å². The largest absolute Gasteiger partial charge is 0.381 e. The Balaban J connectivity index is 2.01. The summed E-state index contributed by atoms with van der Waals surface area (Å²) in [4.78, 5) is 11.2. The molecule has 2 nitrogen and oxygen atoms in total. The molecule has 1 saturated heterocycles. The highest BCUT2D eigenvalue weighted by Gasteiger charge is 2.21. The van der Waals surface area contributed by atoms with E-state index in [-0.39, 0.29) is 0 Å². The lowest BCUT2D eigenvalue weighted by Gasteiger charge is -2.26. The first-order valence-corrected chi connectivity index (χ1v) is 5.17. The van der Waals surface area contributed by atoms with E-state index in [4.69, 9.17) is 4.74 Å². The van der Waals surface area contributed by atoms with Crippen molar-refractivity contribution in [3.63, 3.8) is 0 Å². The van der Waals surface area contributed by atoms with Gasteiger partial charge in [0, 0.05) is 19.6 Å². The topological polar surface area (TPSA) is 26.3 Å². The van der Waals surface area contributed by atoms with Crippen LogP contribution in [0, 0.1) is 5.92 Å². The van der Waals surface area contributed by atoms with Gasteiger partial charge in [0.25, 0.3) is 0 Å². The number of hydrogen-bond acceptors (Lipinski definition) is 2. The lowest BCUT2D eigenvalue weighted by atomic mass is 9.84. The Morgan fingerprint density at radius 3 is 2.69 bits per heavy atom. The van der Waals surface area contributed by atoms with Crippen molar-refractivity contribution in [2.24, 2.45) is 5.92 Å². The van der Waals surface area contributed by atoms with Crippen molar-refractivity contribution in [1.29, 1.82) is 0 Å². The summed E-state index contributed by atoms with van der Waals surface area (Å²) in [5.41, 5.74) is 1.39. The highest BCUT2D eigenvalue weighted by atomic mass is 16.5. The molecule has 72 valence electrons. The molecule has 1 heterocycles. The number of hydrogen-bond donors (Lipinski definition) is 0. The monoisotopic (exact) mass is 180 g/mol. The molecule has 0 N–H and O–H groups in total. The Kier molecular flexibility index (Phi) is 2.79. The average molecular weight is 180 g/mol. The normalized spacial score (nSPS) is 25.8. The fourth-order valence-electron chi connectivity index (χ4n) is 2.21. The first-order valence-electron chi connectivity index (χ1n) is 5.17. The fourth-order valence-corrected chi connectivity index (χ4v) is 2.21. The summed E-state index contributed by atoms with van der Waals surface area (Å²) in [5, 5.41) is 0. The number of rotatable bonds is 1. The molecule has 0 aromatic heterocycles. The lowest BCUT2D eigenvalue weighted by Crippen LogP contribution is -2.19. The van der Waals surface area contributed by atoms with E-state index in [0.29, 0.717) is 11.7 Å². The van der Waals surface area contributed by atoms with E-state index >= 15 is 0 Å². The van der Waals surface area contributed by atoms with E-state index in [1.165, 1.54) is 5.57 Å². The van der Waals surface area contributed by atoms with Crippen LogP contribution in [0.15, 0.2) is 11.6 Å². The zero-order chi connectivity index (χ0) is 9.10. The molecule has 0 aromatic rings. The Morgan fingerprint density at radius 1 is 1.23 bits per heavy atom. The Hall–Kier alpha value is -0.630. The van der Waals surface area contributed by atoms with Crippen LogP contribution in [0.2, 0.25) is 0 Å². The van der Waals surface area contributed by atoms with E-state index in [1.807, 2.05) is 6.08 Å². The number of carbonyl (C=O) groups is 1. The van der Waals surface area contributed by atoms with Gasteiger partial charge >= 0.3 is 0 Å². The molecule has 1 fully saturated rings. The van der Waals surface area contributed by atoms with E-state index in [2.05, 4.69) is 0 Å². The molecule has 0 bridgehead atoms. The molecule has 0 saturated carbocycles. The molecule has 0 aromatic carbocycles. The summed E-state index contributed by atoms with van der Waals surface area (Å²) >= 11 is 0. The van der Waals surface area contributed by atoms with E-state index in [0.717, 1.165) is 45.3 Å². The van der Waals surface area contributed by atoms with Crippen LogP contribution in [0.1, 0.15) is 32.1 Å². The average Bonchev–Trinajstić information content (AvgIpc) is 2.19. The van der Waals surface area contributed by atoms with Crippen LogP contribution in [0.3, 0.4) is 0 Å². The van der Waals surface area contributed by atoms with Crippen LogP contribution in [0.5, 0.6) is 0 Å². The van der Waals surface area contributed by atoms with Crippen LogP contribution in [-0.2, 0) is 9.53 Å². The molecular formula is C11H16O2. The predicted molar refractivity (Wildman–Crippen MR) is 50.5 cm³/mol. The maximum atomic E-state index is 11.2. The van der Waals surface area contributed by atoms with Gasteiger partial charge in [-0.1, -0.05) is 5.57 Å². The molecule has 2 aliphatic rings. The smallest absolute Gasteiger partial charge is 0.155 e. The first-order chi connectivity index (χ1) is 6.36. The second-order valence-electron chi connectivity index (χ2n) is 3.93. The van der Waals surface area contributed by atoms with Gasteiger partial charge in [-0.25, -0.2) is 0 Å². The fraction of sp³-hybridized carbons (Fsp3) is 0.727. The molecule has 0 spiro atoms. The minimum atomic E-state index is 0.327. The maximum absolute atomic E-state index is 11.2. The van der Waals surface area contributed by atoms with Gasteiger partial charge in [0.15, 0.2) is 5.78 Å². The number of carbonyl (C=O) groups excluding carboxylic acids is 1. The number of ether oxygens (including phenoxy) is 1. The van der Waals surface area contributed by atoms with Crippen LogP contribution in [0.4, 0.5) is 0 Å². The van der Waals surface area contributed by atoms with Crippen molar-refractivity contribution >= 4 is 5.78 Å². The second kappa shape index (κ2) is 4.05. The summed E-state index contributed by atoms with van der Waals surface area (Å²) in [6.45, 7) is 1.74. The first kappa shape index (κ1) is 8.95. The lowest BCUT2D eigenvalue weighted by molar-refractivity contribution is -0.115. The molecule has 2 rings (SSSR count). The SMILES string of the molecule is O=C1C=C(C2CCOCC2)CCC1. The van der Waals surface area contributed by atoms with Gasteiger partial charge in [-0.15, -0.1) is 0 Å². The maximum Gasteiger partial charge on any atom is 0.155 e. The Labute approximate surface area is 79.0 Å². The summed E-state index contributed by atoms with van der Waals surface area (Å²) in [5.74, 6) is 0.964. The number of ketones is 1. The minimum absolute atomic E-state index is 0.327. The predicted octanol–water partition coefficient (Wildman–Crippen LogP) is 2.09. The summed E-state index contributed by atoms with van der Waals surface area (Å²) in [7, 11) is 0. The highest BCUT2D eigenvalue weighted by molar-refractivity contribution is 5.91. The van der Waals surface area contributed by atoms with Crippen LogP contribution < -0.4 is 0 Å². The van der Waals surface area contributed by atoms with Gasteiger partial charge in [0.2, 0.25) is 0 Å². The van der Waals surface area contributed by atoms with Crippen LogP contribution in [0.25, 0.3) is 0 Å². The minimum Gasteiger partial charge on any atom is -0.381 e. The van der Waals surface area contributed by atoms with Gasteiger partial charge in [0.05, 0.1) is 0 Å². The number of allylic oxidation sites excluding steroid dienone is 2. The van der Waals surface area contributed by atoms with Crippen molar-refractivity contribution in [1.82, 2.24) is 0 Å². The van der Waals surface area contributed by atoms with Gasteiger partial charge < -0.3 is 4.74 Å². The van der Waals surface area contributed by atoms with E-state index < -0.39 is 0 Å². The van der Waals surface area contributed by atoms with Gasteiger partial charge in [-0.05, 0) is 37.7 Å². The quantitative estimate of drug-likeness (QED) is 0.617. The molecule has 0 atom stereocenters. The van der Waals surface area contributed by atoms with Crippen LogP contribution >= 0.6 is 0 Å². The molecule has 0 unspecified atom stereocenters. The van der Waals surface area contributed by atoms with Gasteiger partial charge in [0.1, 0.15) is 0 Å². The highest BCUT2D eigenvalue weighted by Crippen LogP contribution is 2.29. The summed E-state index contributed by atoms with van der Waals surface area (Å²) < 4.78 is 5.31. The zero-order valence-corrected chi connectivity index (χ0v) is 7.92. The summed E-state index contributed by atoms with van der Waals surface area (Å²) in [6, 6.07) is 0. The molecule has 0 radical (unpaired) electrons. The second-order valence-corrected chi connectivity index (χ2v) is 3.93. The molecule has 1 aliphatic heterocycles. The third-order valence-corrected chi connectivity index (χ3v) is 2.98. The van der Waals surface area contributed by atoms with Crippen molar-refractivity contribution in [2.75, 3.05) is 13.2 Å².